The number of nitrogens with one attached hydrogen (secondary N) is 2. The van der Waals surface area contributed by atoms with Crippen molar-refractivity contribution >= 4 is 5.91 Å². The monoisotopic (exact) mass is 234 g/mol. The topological polar surface area (TPSA) is 61.4 Å². The highest BCUT2D eigenvalue weighted by Gasteiger charge is 2.14. The number of hydrogen-bond acceptors (Lipinski definition) is 3. The summed E-state index contributed by atoms with van der Waals surface area (Å²) in [6.45, 7) is 1.73. The molecule has 1 saturated heterocycles. The van der Waals surface area contributed by atoms with Crippen LogP contribution in [0.15, 0.2) is 24.3 Å². The predicted molar refractivity (Wildman–Crippen MR) is 66.1 cm³/mol. The zero-order valence-corrected chi connectivity index (χ0v) is 9.78. The summed E-state index contributed by atoms with van der Waals surface area (Å²) >= 11 is 0. The first-order valence-corrected chi connectivity index (χ1v) is 6.07. The number of benzene rings is 1. The average molecular weight is 234 g/mol. The minimum absolute atomic E-state index is 0.0315. The van der Waals surface area contributed by atoms with Crippen molar-refractivity contribution < 1.29 is 9.90 Å². The van der Waals surface area contributed by atoms with Crippen molar-refractivity contribution in [3.05, 3.63) is 29.8 Å². The molecule has 2 rings (SSSR count). The lowest BCUT2D eigenvalue weighted by Crippen LogP contribution is -2.30. The predicted octanol–water partition coefficient (Wildman–Crippen LogP) is 1.26. The van der Waals surface area contributed by atoms with Crippen LogP contribution in [0.4, 0.5) is 0 Å². The van der Waals surface area contributed by atoms with Gasteiger partial charge in [0.25, 0.3) is 5.91 Å². The molecule has 1 aliphatic rings. The number of phenolic OH excluding ortho intramolecular Hbond substituents is 1. The molecule has 0 bridgehead atoms. The molecule has 1 aromatic carbocycles. The first-order valence-electron chi connectivity index (χ1n) is 6.07. The lowest BCUT2D eigenvalue weighted by atomic mass is 10.1. The van der Waals surface area contributed by atoms with E-state index in [4.69, 9.17) is 0 Å². The van der Waals surface area contributed by atoms with Gasteiger partial charge in [-0.15, -0.1) is 0 Å². The van der Waals surface area contributed by atoms with Gasteiger partial charge >= 0.3 is 0 Å². The summed E-state index contributed by atoms with van der Waals surface area (Å²) in [4.78, 5) is 11.7. The van der Waals surface area contributed by atoms with E-state index in [0.717, 1.165) is 13.0 Å². The molecule has 1 aliphatic heterocycles. The Morgan fingerprint density at radius 3 is 3.00 bits per heavy atom. The van der Waals surface area contributed by atoms with Gasteiger partial charge in [0.1, 0.15) is 5.75 Å². The van der Waals surface area contributed by atoms with E-state index >= 15 is 0 Å². The van der Waals surface area contributed by atoms with Crippen LogP contribution in [0.1, 0.15) is 29.6 Å². The van der Waals surface area contributed by atoms with Gasteiger partial charge in [0.15, 0.2) is 0 Å². The molecule has 4 heteroatoms. The lowest BCUT2D eigenvalue weighted by molar-refractivity contribution is 0.0949. The number of aromatic hydroxyl groups is 1. The highest BCUT2D eigenvalue weighted by Crippen LogP contribution is 2.15. The molecule has 1 heterocycles. The minimum Gasteiger partial charge on any atom is -0.507 e. The van der Waals surface area contributed by atoms with E-state index in [1.807, 2.05) is 0 Å². The van der Waals surface area contributed by atoms with Crippen molar-refractivity contribution in [3.8, 4) is 5.75 Å². The molecule has 0 radical (unpaired) electrons. The van der Waals surface area contributed by atoms with E-state index in [0.29, 0.717) is 18.2 Å². The van der Waals surface area contributed by atoms with Gasteiger partial charge in [-0.25, -0.2) is 0 Å². The van der Waals surface area contributed by atoms with Crippen LogP contribution < -0.4 is 10.6 Å². The number of phenols is 1. The van der Waals surface area contributed by atoms with E-state index in [2.05, 4.69) is 10.6 Å². The normalized spacial score (nSPS) is 19.2. The summed E-state index contributed by atoms with van der Waals surface area (Å²) in [6.07, 6.45) is 3.35. The van der Waals surface area contributed by atoms with Crippen LogP contribution in [0.2, 0.25) is 0 Å². The van der Waals surface area contributed by atoms with Crippen LogP contribution in [0.3, 0.4) is 0 Å². The molecule has 17 heavy (non-hydrogen) atoms. The highest BCUT2D eigenvalue weighted by molar-refractivity contribution is 5.96. The Balaban J connectivity index is 1.79. The number of para-hydroxylation sites is 1. The summed E-state index contributed by atoms with van der Waals surface area (Å²) < 4.78 is 0. The maximum atomic E-state index is 11.7. The first kappa shape index (κ1) is 11.9. The molecule has 92 valence electrons. The smallest absolute Gasteiger partial charge is 0.255 e. The number of amides is 1. The van der Waals surface area contributed by atoms with Gasteiger partial charge in [-0.1, -0.05) is 12.1 Å². The largest absolute Gasteiger partial charge is 0.507 e. The molecule has 0 spiro atoms. The van der Waals surface area contributed by atoms with Gasteiger partial charge in [-0.2, -0.15) is 0 Å². The Bertz CT molecular complexity index is 387. The van der Waals surface area contributed by atoms with Crippen LogP contribution in [0.5, 0.6) is 5.75 Å². The fraction of sp³-hybridized carbons (Fsp3) is 0.462. The zero-order chi connectivity index (χ0) is 12.1. The summed E-state index contributed by atoms with van der Waals surface area (Å²) in [5.74, 6) is -0.176. The van der Waals surface area contributed by atoms with Crippen molar-refractivity contribution in [3.63, 3.8) is 0 Å². The molecular formula is C13H18N2O2. The van der Waals surface area contributed by atoms with E-state index in [1.54, 1.807) is 18.2 Å². The number of hydrogen-bond donors (Lipinski definition) is 3. The lowest BCUT2D eigenvalue weighted by Gasteiger charge is -2.11. The molecule has 0 saturated carbocycles. The fourth-order valence-corrected chi connectivity index (χ4v) is 2.12. The Kier molecular flexibility index (Phi) is 3.98. The van der Waals surface area contributed by atoms with Gasteiger partial charge in [0.05, 0.1) is 5.56 Å². The molecule has 0 unspecified atom stereocenters. The molecule has 1 atom stereocenters. The maximum Gasteiger partial charge on any atom is 0.255 e. The van der Waals surface area contributed by atoms with Crippen molar-refractivity contribution in [2.24, 2.45) is 0 Å². The average Bonchev–Trinajstić information content (AvgIpc) is 2.82. The van der Waals surface area contributed by atoms with Gasteiger partial charge in [0, 0.05) is 12.6 Å². The van der Waals surface area contributed by atoms with E-state index in [1.165, 1.54) is 18.9 Å². The third-order valence-electron chi connectivity index (χ3n) is 3.09. The van der Waals surface area contributed by atoms with Crippen molar-refractivity contribution in [2.75, 3.05) is 13.1 Å². The summed E-state index contributed by atoms with van der Waals surface area (Å²) in [7, 11) is 0. The molecule has 1 fully saturated rings. The molecular weight excluding hydrogens is 216 g/mol. The van der Waals surface area contributed by atoms with Gasteiger partial charge in [-0.05, 0) is 37.9 Å². The zero-order valence-electron chi connectivity index (χ0n) is 9.78. The first-order chi connectivity index (χ1) is 8.27. The molecule has 0 aromatic heterocycles. The minimum atomic E-state index is -0.207. The molecule has 3 N–H and O–H groups in total. The second-order valence-corrected chi connectivity index (χ2v) is 4.36. The van der Waals surface area contributed by atoms with Crippen LogP contribution in [0, 0.1) is 0 Å². The third kappa shape index (κ3) is 3.20. The van der Waals surface area contributed by atoms with Crippen LogP contribution in [-0.4, -0.2) is 30.1 Å². The summed E-state index contributed by atoms with van der Waals surface area (Å²) in [5.41, 5.74) is 0.340. The third-order valence-corrected chi connectivity index (χ3v) is 3.09. The van der Waals surface area contributed by atoms with Gasteiger partial charge < -0.3 is 15.7 Å². The second-order valence-electron chi connectivity index (χ2n) is 4.36. The van der Waals surface area contributed by atoms with Crippen LogP contribution >= 0.6 is 0 Å². The number of carbonyl (C=O) groups is 1. The Hall–Kier alpha value is -1.55. The molecule has 0 aliphatic carbocycles. The van der Waals surface area contributed by atoms with E-state index in [-0.39, 0.29) is 11.7 Å². The van der Waals surface area contributed by atoms with E-state index < -0.39 is 0 Å². The van der Waals surface area contributed by atoms with Crippen LogP contribution in [-0.2, 0) is 0 Å². The quantitative estimate of drug-likeness (QED) is 0.735. The Labute approximate surface area is 101 Å². The Morgan fingerprint density at radius 2 is 2.29 bits per heavy atom. The summed E-state index contributed by atoms with van der Waals surface area (Å²) in [5, 5.41) is 15.7. The van der Waals surface area contributed by atoms with Crippen molar-refractivity contribution in [1.29, 1.82) is 0 Å². The highest BCUT2D eigenvalue weighted by atomic mass is 16.3. The van der Waals surface area contributed by atoms with Crippen LogP contribution in [0.25, 0.3) is 0 Å². The second kappa shape index (κ2) is 5.68. The Morgan fingerprint density at radius 1 is 1.47 bits per heavy atom. The molecule has 4 nitrogen and oxygen atoms in total. The van der Waals surface area contributed by atoms with E-state index in [9.17, 15) is 9.90 Å². The molecule has 1 aromatic rings. The van der Waals surface area contributed by atoms with Crippen molar-refractivity contribution in [2.45, 2.75) is 25.3 Å². The molecule has 1 amide bonds. The van der Waals surface area contributed by atoms with Gasteiger partial charge in [-0.3, -0.25) is 4.79 Å². The van der Waals surface area contributed by atoms with Crippen molar-refractivity contribution in [1.82, 2.24) is 10.6 Å². The SMILES string of the molecule is O=C(NCC[C@@H]1CCCN1)c1ccccc1O. The standard InChI is InChI=1S/C13H18N2O2/c16-12-6-2-1-5-11(12)13(17)15-9-7-10-4-3-8-14-10/h1-2,5-6,10,14,16H,3-4,7-9H2,(H,15,17)/t10-/m0/s1. The number of rotatable bonds is 4. The summed E-state index contributed by atoms with van der Waals surface area (Å²) in [6, 6.07) is 7.12. The van der Waals surface area contributed by atoms with Gasteiger partial charge in [0.2, 0.25) is 0 Å². The number of carbonyl (C=O) groups excluding carboxylic acids is 1. The fourth-order valence-electron chi connectivity index (χ4n) is 2.12. The maximum absolute atomic E-state index is 11.7.